The molecule has 0 radical (unpaired) electrons. The summed E-state index contributed by atoms with van der Waals surface area (Å²) >= 11 is 1.87. The van der Waals surface area contributed by atoms with Crippen LogP contribution in [-0.2, 0) is 0 Å². The van der Waals surface area contributed by atoms with Crippen LogP contribution in [0.25, 0.3) is 114 Å². The van der Waals surface area contributed by atoms with Gasteiger partial charge in [-0.05, 0) is 51.4 Å². The Labute approximate surface area is 314 Å². The first-order chi connectivity index (χ1) is 26.8. The van der Waals surface area contributed by atoms with Crippen molar-refractivity contribution in [3.05, 3.63) is 176 Å². The van der Waals surface area contributed by atoms with Crippen molar-refractivity contribution in [1.82, 2.24) is 14.5 Å². The van der Waals surface area contributed by atoms with Crippen LogP contribution in [0.2, 0.25) is 0 Å². The second kappa shape index (κ2) is 11.3. The van der Waals surface area contributed by atoms with Gasteiger partial charge in [-0.2, -0.15) is 0 Å². The van der Waals surface area contributed by atoms with Gasteiger partial charge in [-0.25, -0.2) is 9.97 Å². The molecular weight excluding hydrogens is 675 g/mol. The van der Waals surface area contributed by atoms with Gasteiger partial charge in [0.05, 0.1) is 22.2 Å². The third-order valence-electron chi connectivity index (χ3n) is 11.2. The normalized spacial score (nSPS) is 12.1. The summed E-state index contributed by atoms with van der Waals surface area (Å²) in [5.41, 5.74) is 7.47. The van der Waals surface area contributed by atoms with Crippen molar-refractivity contribution in [2.45, 2.75) is 0 Å². The lowest BCUT2D eigenvalue weighted by molar-refractivity contribution is 1.02. The van der Waals surface area contributed by atoms with Gasteiger partial charge < -0.3 is 0 Å². The number of hydrogen-bond donors (Lipinski definition) is 0. The first kappa shape index (κ1) is 29.7. The second-order valence-corrected chi connectivity index (χ2v) is 15.2. The SMILES string of the molecule is c1ccc(-c2nc(-n3c4c(-c5ccc6sc7ccc8ccccc8c7c6c5)cccc4c4ccc5ccccc5c43)nc3c2ccc2ccccc23)cc1. The van der Waals surface area contributed by atoms with E-state index in [9.17, 15) is 0 Å². The van der Waals surface area contributed by atoms with Gasteiger partial charge in [0.15, 0.2) is 0 Å². The Morgan fingerprint density at radius 3 is 1.85 bits per heavy atom. The maximum Gasteiger partial charge on any atom is 0.235 e. The Kier molecular flexibility index (Phi) is 6.21. The van der Waals surface area contributed by atoms with Crippen LogP contribution in [0.3, 0.4) is 0 Å². The number of rotatable bonds is 3. The van der Waals surface area contributed by atoms with E-state index in [1.54, 1.807) is 0 Å². The van der Waals surface area contributed by atoms with Crippen molar-refractivity contribution in [2.24, 2.45) is 0 Å². The van der Waals surface area contributed by atoms with Gasteiger partial charge in [0, 0.05) is 58.2 Å². The van der Waals surface area contributed by atoms with Gasteiger partial charge in [0.25, 0.3) is 0 Å². The summed E-state index contributed by atoms with van der Waals surface area (Å²) < 4.78 is 4.95. The fourth-order valence-corrected chi connectivity index (χ4v) is 9.84. The van der Waals surface area contributed by atoms with Gasteiger partial charge in [-0.3, -0.25) is 4.57 Å². The molecule has 9 aromatic carbocycles. The Morgan fingerprint density at radius 1 is 0.389 bits per heavy atom. The molecule has 0 aliphatic carbocycles. The van der Waals surface area contributed by atoms with E-state index in [1.807, 2.05) is 11.3 Å². The molecule has 0 N–H and O–H groups in total. The minimum absolute atomic E-state index is 0.662. The summed E-state index contributed by atoms with van der Waals surface area (Å²) in [5.74, 6) is 0.662. The molecule has 3 aromatic heterocycles. The highest BCUT2D eigenvalue weighted by molar-refractivity contribution is 7.26. The number of aromatic nitrogens is 3. The van der Waals surface area contributed by atoms with Crippen LogP contribution >= 0.6 is 11.3 Å². The lowest BCUT2D eigenvalue weighted by Crippen LogP contribution is -2.05. The zero-order chi connectivity index (χ0) is 35.3. The molecule has 0 bridgehead atoms. The minimum atomic E-state index is 0.662. The first-order valence-electron chi connectivity index (χ1n) is 18.3. The lowest BCUT2D eigenvalue weighted by atomic mass is 9.98. The summed E-state index contributed by atoms with van der Waals surface area (Å²) in [6.07, 6.45) is 0. The van der Waals surface area contributed by atoms with E-state index >= 15 is 0 Å². The molecule has 0 saturated heterocycles. The molecule has 12 aromatic rings. The van der Waals surface area contributed by atoms with E-state index in [-0.39, 0.29) is 0 Å². The van der Waals surface area contributed by atoms with Gasteiger partial charge in [-0.15, -0.1) is 11.3 Å². The summed E-state index contributed by atoms with van der Waals surface area (Å²) in [4.78, 5) is 11.1. The molecule has 0 atom stereocenters. The number of para-hydroxylation sites is 1. The smallest absolute Gasteiger partial charge is 0.235 e. The van der Waals surface area contributed by atoms with Crippen LogP contribution < -0.4 is 0 Å². The highest BCUT2D eigenvalue weighted by atomic mass is 32.1. The Morgan fingerprint density at radius 2 is 1.02 bits per heavy atom. The Hall–Kier alpha value is -6.88. The lowest BCUT2D eigenvalue weighted by Gasteiger charge is -2.15. The van der Waals surface area contributed by atoms with E-state index < -0.39 is 0 Å². The van der Waals surface area contributed by atoms with Crippen molar-refractivity contribution < 1.29 is 0 Å². The van der Waals surface area contributed by atoms with Crippen LogP contribution in [-0.4, -0.2) is 14.5 Å². The molecule has 4 heteroatoms. The van der Waals surface area contributed by atoms with Crippen molar-refractivity contribution in [3.63, 3.8) is 0 Å². The first-order valence-corrected chi connectivity index (χ1v) is 19.1. The van der Waals surface area contributed by atoms with Crippen LogP contribution in [0, 0.1) is 0 Å². The van der Waals surface area contributed by atoms with Crippen LogP contribution in [0.4, 0.5) is 0 Å². The molecule has 3 heterocycles. The fraction of sp³-hybridized carbons (Fsp3) is 0. The standard InChI is InChI=1S/C50H29N3S/c1-2-14-33(15-3-1)46-41-26-22-31-12-5-8-17-36(31)47(41)52-50(51-46)53-48-37-18-9-6-13-32(37)21-25-40(48)39-20-10-19-38(49(39)53)34-24-27-43-42(29-34)45-35-16-7-4-11-30(35)23-28-44(45)54-43/h1-29H. The zero-order valence-corrected chi connectivity index (χ0v) is 29.8. The van der Waals surface area contributed by atoms with E-state index in [4.69, 9.17) is 9.97 Å². The molecule has 0 fully saturated rings. The fourth-order valence-electron chi connectivity index (χ4n) is 8.74. The molecule has 0 amide bonds. The van der Waals surface area contributed by atoms with Crippen molar-refractivity contribution >= 4 is 96.5 Å². The monoisotopic (exact) mass is 703 g/mol. The molecule has 54 heavy (non-hydrogen) atoms. The average Bonchev–Trinajstić information content (AvgIpc) is 3.80. The highest BCUT2D eigenvalue weighted by Crippen LogP contribution is 2.44. The maximum atomic E-state index is 5.54. The van der Waals surface area contributed by atoms with Crippen molar-refractivity contribution in [1.29, 1.82) is 0 Å². The second-order valence-electron chi connectivity index (χ2n) is 14.1. The topological polar surface area (TPSA) is 30.7 Å². The Bertz CT molecular complexity index is 3500. The number of thiophene rings is 1. The predicted molar refractivity (Wildman–Crippen MR) is 230 cm³/mol. The Balaban J connectivity index is 1.24. The predicted octanol–water partition coefficient (Wildman–Crippen LogP) is 13.9. The van der Waals surface area contributed by atoms with Gasteiger partial charge >= 0.3 is 0 Å². The molecular formula is C50H29N3S. The summed E-state index contributed by atoms with van der Waals surface area (Å²) in [7, 11) is 0. The molecule has 0 unspecified atom stereocenters. The molecule has 3 nitrogen and oxygen atoms in total. The zero-order valence-electron chi connectivity index (χ0n) is 29.0. The summed E-state index contributed by atoms with van der Waals surface area (Å²) in [6, 6.07) is 63.6. The minimum Gasteiger partial charge on any atom is -0.277 e. The maximum absolute atomic E-state index is 5.54. The molecule has 12 rings (SSSR count). The number of hydrogen-bond acceptors (Lipinski definition) is 3. The van der Waals surface area contributed by atoms with Crippen LogP contribution in [0.1, 0.15) is 0 Å². The molecule has 0 spiro atoms. The largest absolute Gasteiger partial charge is 0.277 e. The quantitative estimate of drug-likeness (QED) is 0.172. The molecule has 250 valence electrons. The number of benzene rings is 9. The van der Waals surface area contributed by atoms with Crippen molar-refractivity contribution in [2.75, 3.05) is 0 Å². The van der Waals surface area contributed by atoms with Gasteiger partial charge in [0.1, 0.15) is 0 Å². The van der Waals surface area contributed by atoms with E-state index in [1.165, 1.54) is 58.1 Å². The number of nitrogens with zero attached hydrogens (tertiary/aromatic N) is 3. The third-order valence-corrected chi connectivity index (χ3v) is 12.3. The van der Waals surface area contributed by atoms with E-state index in [2.05, 4.69) is 180 Å². The average molecular weight is 704 g/mol. The van der Waals surface area contributed by atoms with Gasteiger partial charge in [-0.1, -0.05) is 152 Å². The van der Waals surface area contributed by atoms with Crippen LogP contribution in [0.5, 0.6) is 0 Å². The number of fused-ring (bicyclic) bond motifs is 13. The third kappa shape index (κ3) is 4.23. The molecule has 0 aliphatic rings. The molecule has 0 saturated carbocycles. The van der Waals surface area contributed by atoms with Crippen LogP contribution in [0.15, 0.2) is 176 Å². The summed E-state index contributed by atoms with van der Waals surface area (Å²) in [5, 5.41) is 13.2. The van der Waals surface area contributed by atoms with Gasteiger partial charge in [0.2, 0.25) is 5.95 Å². The van der Waals surface area contributed by atoms with E-state index in [0.29, 0.717) is 5.95 Å². The highest BCUT2D eigenvalue weighted by Gasteiger charge is 2.23. The van der Waals surface area contributed by atoms with E-state index in [0.717, 1.165) is 49.5 Å². The summed E-state index contributed by atoms with van der Waals surface area (Å²) in [6.45, 7) is 0. The van der Waals surface area contributed by atoms with Crippen molar-refractivity contribution in [3.8, 4) is 28.3 Å². The molecule has 0 aliphatic heterocycles.